The fourth-order valence-electron chi connectivity index (χ4n) is 1.84. The summed E-state index contributed by atoms with van der Waals surface area (Å²) in [4.78, 5) is 12.1. The van der Waals surface area contributed by atoms with Crippen LogP contribution >= 0.6 is 15.9 Å². The Morgan fingerprint density at radius 1 is 1.25 bits per heavy atom. The van der Waals surface area contributed by atoms with E-state index < -0.39 is 0 Å². The van der Waals surface area contributed by atoms with Crippen LogP contribution in [0.3, 0.4) is 0 Å². The van der Waals surface area contributed by atoms with Crippen molar-refractivity contribution in [2.24, 2.45) is 0 Å². The Morgan fingerprint density at radius 3 is 2.60 bits per heavy atom. The number of carbonyl (C=O) groups excluding carboxylic acids is 1. The molecule has 2 rings (SSSR count). The third-order valence-corrected chi connectivity index (χ3v) is 3.50. The van der Waals surface area contributed by atoms with Gasteiger partial charge in [0.05, 0.1) is 17.7 Å². The maximum atomic E-state index is 12.1. The minimum absolute atomic E-state index is 0.0960. The second-order valence-corrected chi connectivity index (χ2v) is 5.35. The number of halogens is 1. The first-order valence-corrected chi connectivity index (χ1v) is 6.96. The first kappa shape index (κ1) is 14.3. The van der Waals surface area contributed by atoms with Gasteiger partial charge in [-0.25, -0.2) is 0 Å². The van der Waals surface area contributed by atoms with Crippen LogP contribution in [0.15, 0.2) is 53.0 Å². The summed E-state index contributed by atoms with van der Waals surface area (Å²) in [6.07, 6.45) is 0. The summed E-state index contributed by atoms with van der Waals surface area (Å²) < 4.78 is 1.00. The van der Waals surface area contributed by atoms with Crippen LogP contribution in [0.4, 0.5) is 0 Å². The van der Waals surface area contributed by atoms with Crippen LogP contribution in [0, 0.1) is 11.3 Å². The lowest BCUT2D eigenvalue weighted by atomic mass is 10.1. The van der Waals surface area contributed by atoms with Crippen molar-refractivity contribution in [1.82, 2.24) is 5.32 Å². The van der Waals surface area contributed by atoms with Crippen LogP contribution in [0.1, 0.15) is 34.5 Å². The average molecular weight is 329 g/mol. The molecule has 1 atom stereocenters. The number of nitrogens with zero attached hydrogens (tertiary/aromatic N) is 1. The molecule has 4 heteroatoms. The van der Waals surface area contributed by atoms with Gasteiger partial charge in [0, 0.05) is 10.0 Å². The highest BCUT2D eigenvalue weighted by Crippen LogP contribution is 2.17. The van der Waals surface area contributed by atoms with E-state index in [-0.39, 0.29) is 11.9 Å². The van der Waals surface area contributed by atoms with Gasteiger partial charge in [-0.1, -0.05) is 34.1 Å². The van der Waals surface area contributed by atoms with Crippen LogP contribution < -0.4 is 5.32 Å². The molecule has 0 aliphatic heterocycles. The zero-order valence-corrected chi connectivity index (χ0v) is 12.5. The van der Waals surface area contributed by atoms with E-state index in [1.807, 2.05) is 37.3 Å². The number of hydrogen-bond acceptors (Lipinski definition) is 2. The molecule has 2 aromatic carbocycles. The lowest BCUT2D eigenvalue weighted by molar-refractivity contribution is 0.0940. The number of nitrogens with one attached hydrogen (secondary N) is 1. The lowest BCUT2D eigenvalue weighted by Gasteiger charge is -2.14. The Kier molecular flexibility index (Phi) is 4.54. The highest BCUT2D eigenvalue weighted by molar-refractivity contribution is 9.10. The van der Waals surface area contributed by atoms with Gasteiger partial charge in [-0.05, 0) is 42.8 Å². The molecule has 1 N–H and O–H groups in total. The number of benzene rings is 2. The second kappa shape index (κ2) is 6.36. The quantitative estimate of drug-likeness (QED) is 0.931. The maximum absolute atomic E-state index is 12.1. The van der Waals surface area contributed by atoms with Crippen molar-refractivity contribution >= 4 is 21.8 Å². The van der Waals surface area contributed by atoms with Crippen LogP contribution in [0.2, 0.25) is 0 Å². The molecule has 0 aliphatic carbocycles. The first-order valence-electron chi connectivity index (χ1n) is 6.16. The predicted molar refractivity (Wildman–Crippen MR) is 81.2 cm³/mol. The molecule has 0 unspecified atom stereocenters. The minimum atomic E-state index is -0.183. The first-order chi connectivity index (χ1) is 9.60. The zero-order chi connectivity index (χ0) is 14.5. The molecule has 100 valence electrons. The largest absolute Gasteiger partial charge is 0.346 e. The summed E-state index contributed by atoms with van der Waals surface area (Å²) in [6.45, 7) is 1.93. The Labute approximate surface area is 126 Å². The molecule has 0 saturated carbocycles. The number of nitriles is 1. The lowest BCUT2D eigenvalue weighted by Crippen LogP contribution is -2.26. The molecule has 0 aromatic heterocycles. The number of carbonyl (C=O) groups is 1. The van der Waals surface area contributed by atoms with E-state index in [1.54, 1.807) is 24.3 Å². The van der Waals surface area contributed by atoms with E-state index in [4.69, 9.17) is 5.26 Å². The van der Waals surface area contributed by atoms with Crippen molar-refractivity contribution in [3.63, 3.8) is 0 Å². The van der Waals surface area contributed by atoms with Crippen molar-refractivity contribution in [2.45, 2.75) is 13.0 Å². The molecule has 2 aromatic rings. The van der Waals surface area contributed by atoms with Gasteiger partial charge in [0.1, 0.15) is 0 Å². The number of hydrogen-bond donors (Lipinski definition) is 1. The molecule has 0 bridgehead atoms. The van der Waals surface area contributed by atoms with Crippen molar-refractivity contribution in [3.05, 3.63) is 69.7 Å². The maximum Gasteiger partial charge on any atom is 0.251 e. The predicted octanol–water partition coefficient (Wildman–Crippen LogP) is 3.81. The van der Waals surface area contributed by atoms with Gasteiger partial charge in [0.15, 0.2) is 0 Å². The Morgan fingerprint density at radius 2 is 1.95 bits per heavy atom. The van der Waals surface area contributed by atoms with E-state index in [0.717, 1.165) is 10.0 Å². The van der Waals surface area contributed by atoms with E-state index in [9.17, 15) is 4.79 Å². The molecule has 20 heavy (non-hydrogen) atoms. The summed E-state index contributed by atoms with van der Waals surface area (Å²) in [7, 11) is 0. The van der Waals surface area contributed by atoms with Crippen molar-refractivity contribution < 1.29 is 4.79 Å². The summed E-state index contributed by atoms with van der Waals surface area (Å²) in [5.74, 6) is -0.183. The van der Waals surface area contributed by atoms with Gasteiger partial charge < -0.3 is 5.32 Å². The van der Waals surface area contributed by atoms with E-state index >= 15 is 0 Å². The molecular weight excluding hydrogens is 316 g/mol. The van der Waals surface area contributed by atoms with Crippen LogP contribution in [-0.4, -0.2) is 5.91 Å². The topological polar surface area (TPSA) is 52.9 Å². The van der Waals surface area contributed by atoms with Gasteiger partial charge in [-0.2, -0.15) is 5.26 Å². The monoisotopic (exact) mass is 328 g/mol. The van der Waals surface area contributed by atoms with Gasteiger partial charge >= 0.3 is 0 Å². The highest BCUT2D eigenvalue weighted by atomic mass is 79.9. The van der Waals surface area contributed by atoms with Crippen LogP contribution in [0.5, 0.6) is 0 Å². The number of rotatable bonds is 3. The molecular formula is C16H13BrN2O. The zero-order valence-electron chi connectivity index (χ0n) is 10.9. The third-order valence-electron chi connectivity index (χ3n) is 2.97. The van der Waals surface area contributed by atoms with Gasteiger partial charge in [-0.3, -0.25) is 4.79 Å². The average Bonchev–Trinajstić information content (AvgIpc) is 2.47. The SMILES string of the molecule is C[C@@H](NC(=O)c1cccc(C#N)c1)c1ccc(Br)cc1. The normalized spacial score (nSPS) is 11.4. The van der Waals surface area contributed by atoms with Crippen LogP contribution in [0.25, 0.3) is 0 Å². The second-order valence-electron chi connectivity index (χ2n) is 4.44. The minimum Gasteiger partial charge on any atom is -0.346 e. The molecule has 3 nitrogen and oxygen atoms in total. The van der Waals surface area contributed by atoms with Crippen molar-refractivity contribution in [1.29, 1.82) is 5.26 Å². The molecule has 0 heterocycles. The van der Waals surface area contributed by atoms with Crippen LogP contribution in [-0.2, 0) is 0 Å². The summed E-state index contributed by atoms with van der Waals surface area (Å²) in [5, 5.41) is 11.8. The summed E-state index contributed by atoms with van der Waals surface area (Å²) in [5.41, 5.74) is 2.00. The molecule has 0 saturated heterocycles. The number of amides is 1. The van der Waals surface area contributed by atoms with Gasteiger partial charge in [-0.15, -0.1) is 0 Å². The van der Waals surface area contributed by atoms with E-state index in [1.165, 1.54) is 0 Å². The summed E-state index contributed by atoms with van der Waals surface area (Å²) >= 11 is 3.38. The standard InChI is InChI=1S/C16H13BrN2O/c1-11(13-5-7-15(17)8-6-13)19-16(20)14-4-2-3-12(9-14)10-18/h2-9,11H,1H3,(H,19,20)/t11-/m1/s1. The molecule has 1 amide bonds. The Hall–Kier alpha value is -2.12. The fourth-order valence-corrected chi connectivity index (χ4v) is 2.11. The molecule has 0 radical (unpaired) electrons. The van der Waals surface area contributed by atoms with Gasteiger partial charge in [0.25, 0.3) is 5.91 Å². The van der Waals surface area contributed by atoms with E-state index in [2.05, 4.69) is 21.2 Å². The fraction of sp³-hybridized carbons (Fsp3) is 0.125. The Bertz CT molecular complexity index is 659. The third kappa shape index (κ3) is 3.46. The molecule has 0 fully saturated rings. The highest BCUT2D eigenvalue weighted by Gasteiger charge is 2.11. The smallest absolute Gasteiger partial charge is 0.251 e. The van der Waals surface area contributed by atoms with E-state index in [0.29, 0.717) is 11.1 Å². The van der Waals surface area contributed by atoms with Crippen molar-refractivity contribution in [3.8, 4) is 6.07 Å². The molecule has 0 aliphatic rings. The van der Waals surface area contributed by atoms with Gasteiger partial charge in [0.2, 0.25) is 0 Å². The Balaban J connectivity index is 2.11. The van der Waals surface area contributed by atoms with Crippen molar-refractivity contribution in [2.75, 3.05) is 0 Å². The molecule has 0 spiro atoms. The summed E-state index contributed by atoms with van der Waals surface area (Å²) in [6, 6.07) is 16.4.